The first-order chi connectivity index (χ1) is 6.11. The number of H-pyrrole nitrogens is 1. The zero-order chi connectivity index (χ0) is 9.59. The van der Waals surface area contributed by atoms with Gasteiger partial charge in [-0.1, -0.05) is 6.07 Å². The highest BCUT2D eigenvalue weighted by Gasteiger charge is 2.10. The molecule has 0 aliphatic rings. The van der Waals surface area contributed by atoms with Crippen LogP contribution in [0.4, 0.5) is 0 Å². The molecule has 2 aromatic rings. The van der Waals surface area contributed by atoms with Crippen LogP contribution in [0.3, 0.4) is 0 Å². The molecule has 0 aliphatic carbocycles. The molecule has 0 saturated carbocycles. The van der Waals surface area contributed by atoms with Gasteiger partial charge in [-0.05, 0) is 48.1 Å². The van der Waals surface area contributed by atoms with Crippen LogP contribution in [0.25, 0.3) is 10.9 Å². The molecule has 0 aliphatic heterocycles. The molecule has 2 nitrogen and oxygen atoms in total. The standard InChI is InChI=1S/C10H10INO/c1-5-3-4-7(13)10-8(5)9(11)6(2)12-10/h3-4,12-13H,1-2H3. The molecular formula is C10H10INO. The van der Waals surface area contributed by atoms with Gasteiger partial charge in [-0.3, -0.25) is 0 Å². The number of aromatic nitrogens is 1. The van der Waals surface area contributed by atoms with Gasteiger partial charge >= 0.3 is 0 Å². The fraction of sp³-hybridized carbons (Fsp3) is 0.200. The van der Waals surface area contributed by atoms with Crippen molar-refractivity contribution in [1.82, 2.24) is 4.98 Å². The molecule has 1 aromatic heterocycles. The molecule has 0 amide bonds. The largest absolute Gasteiger partial charge is 0.506 e. The van der Waals surface area contributed by atoms with Crippen LogP contribution in [-0.4, -0.2) is 10.1 Å². The zero-order valence-electron chi connectivity index (χ0n) is 7.48. The summed E-state index contributed by atoms with van der Waals surface area (Å²) in [4.78, 5) is 3.18. The lowest BCUT2D eigenvalue weighted by molar-refractivity contribution is 0.480. The third kappa shape index (κ3) is 1.22. The predicted octanol–water partition coefficient (Wildman–Crippen LogP) is 3.09. The Morgan fingerprint density at radius 1 is 1.31 bits per heavy atom. The van der Waals surface area contributed by atoms with Gasteiger partial charge in [0.05, 0.1) is 5.52 Å². The van der Waals surface area contributed by atoms with Crippen LogP contribution < -0.4 is 0 Å². The Labute approximate surface area is 90.1 Å². The average molecular weight is 287 g/mol. The number of hydrogen-bond acceptors (Lipinski definition) is 1. The van der Waals surface area contributed by atoms with Gasteiger partial charge in [-0.2, -0.15) is 0 Å². The van der Waals surface area contributed by atoms with E-state index in [-0.39, 0.29) is 0 Å². The smallest absolute Gasteiger partial charge is 0.139 e. The third-order valence-corrected chi connectivity index (χ3v) is 3.60. The fourth-order valence-corrected chi connectivity index (χ4v) is 2.37. The lowest BCUT2D eigenvalue weighted by Gasteiger charge is -1.98. The van der Waals surface area contributed by atoms with Gasteiger partial charge in [0, 0.05) is 14.7 Å². The van der Waals surface area contributed by atoms with E-state index in [2.05, 4.69) is 34.5 Å². The van der Waals surface area contributed by atoms with Crippen molar-refractivity contribution >= 4 is 33.5 Å². The summed E-state index contributed by atoms with van der Waals surface area (Å²) in [5, 5.41) is 10.7. The van der Waals surface area contributed by atoms with Crippen molar-refractivity contribution in [3.05, 3.63) is 27.0 Å². The van der Waals surface area contributed by atoms with Crippen LogP contribution in [0, 0.1) is 17.4 Å². The second kappa shape index (κ2) is 2.90. The van der Waals surface area contributed by atoms with Gasteiger partial charge in [0.2, 0.25) is 0 Å². The van der Waals surface area contributed by atoms with Gasteiger partial charge in [-0.15, -0.1) is 0 Å². The second-order valence-electron chi connectivity index (χ2n) is 3.22. The van der Waals surface area contributed by atoms with E-state index in [0.717, 1.165) is 16.6 Å². The summed E-state index contributed by atoms with van der Waals surface area (Å²) in [6.45, 7) is 4.07. The van der Waals surface area contributed by atoms with E-state index < -0.39 is 0 Å². The Kier molecular flexibility index (Phi) is 1.98. The monoisotopic (exact) mass is 287 g/mol. The Morgan fingerprint density at radius 3 is 2.62 bits per heavy atom. The summed E-state index contributed by atoms with van der Waals surface area (Å²) in [5.41, 5.74) is 3.16. The molecule has 0 atom stereocenters. The maximum absolute atomic E-state index is 9.60. The van der Waals surface area contributed by atoms with Gasteiger partial charge in [0.25, 0.3) is 0 Å². The molecule has 0 fully saturated rings. The highest BCUT2D eigenvalue weighted by Crippen LogP contribution is 2.32. The number of hydrogen-bond donors (Lipinski definition) is 2. The minimum absolute atomic E-state index is 0.326. The number of phenols is 1. The fourth-order valence-electron chi connectivity index (χ4n) is 1.54. The molecule has 2 N–H and O–H groups in total. The van der Waals surface area contributed by atoms with E-state index in [0.29, 0.717) is 5.75 Å². The number of nitrogens with one attached hydrogen (secondary N) is 1. The van der Waals surface area contributed by atoms with E-state index >= 15 is 0 Å². The normalized spacial score (nSPS) is 11.0. The van der Waals surface area contributed by atoms with Crippen molar-refractivity contribution in [2.75, 3.05) is 0 Å². The topological polar surface area (TPSA) is 36.0 Å². The van der Waals surface area contributed by atoms with E-state index in [9.17, 15) is 5.11 Å². The SMILES string of the molecule is Cc1[nH]c2c(O)ccc(C)c2c1I. The summed E-state index contributed by atoms with van der Waals surface area (Å²) < 4.78 is 1.20. The molecule has 0 bridgehead atoms. The molecule has 0 radical (unpaired) electrons. The predicted molar refractivity (Wildman–Crippen MR) is 62.2 cm³/mol. The van der Waals surface area contributed by atoms with Crippen molar-refractivity contribution in [1.29, 1.82) is 0 Å². The molecule has 0 unspecified atom stereocenters. The highest BCUT2D eigenvalue weighted by molar-refractivity contribution is 14.1. The van der Waals surface area contributed by atoms with Crippen LogP contribution in [0.5, 0.6) is 5.75 Å². The van der Waals surface area contributed by atoms with Crippen LogP contribution >= 0.6 is 22.6 Å². The van der Waals surface area contributed by atoms with Gasteiger partial charge in [0.1, 0.15) is 5.75 Å². The van der Waals surface area contributed by atoms with Gasteiger partial charge in [0.15, 0.2) is 0 Å². The maximum atomic E-state index is 9.60. The van der Waals surface area contributed by atoms with Crippen molar-refractivity contribution < 1.29 is 5.11 Å². The lowest BCUT2D eigenvalue weighted by Crippen LogP contribution is -1.76. The minimum Gasteiger partial charge on any atom is -0.506 e. The zero-order valence-corrected chi connectivity index (χ0v) is 9.64. The van der Waals surface area contributed by atoms with E-state index in [4.69, 9.17) is 0 Å². The van der Waals surface area contributed by atoms with E-state index in [1.165, 1.54) is 9.13 Å². The number of halogens is 1. The Bertz CT molecular complexity index is 473. The molecule has 68 valence electrons. The maximum Gasteiger partial charge on any atom is 0.139 e. The first kappa shape index (κ1) is 8.87. The number of fused-ring (bicyclic) bond motifs is 1. The summed E-state index contributed by atoms with van der Waals surface area (Å²) in [7, 11) is 0. The summed E-state index contributed by atoms with van der Waals surface area (Å²) in [5.74, 6) is 0.326. The Morgan fingerprint density at radius 2 is 2.00 bits per heavy atom. The van der Waals surface area contributed by atoms with Crippen molar-refractivity contribution in [3.63, 3.8) is 0 Å². The number of aromatic amines is 1. The van der Waals surface area contributed by atoms with Crippen LogP contribution in [0.2, 0.25) is 0 Å². The van der Waals surface area contributed by atoms with Crippen molar-refractivity contribution in [3.8, 4) is 5.75 Å². The first-order valence-electron chi connectivity index (χ1n) is 4.07. The number of aromatic hydroxyl groups is 1. The highest BCUT2D eigenvalue weighted by atomic mass is 127. The molecular weight excluding hydrogens is 277 g/mol. The van der Waals surface area contributed by atoms with Gasteiger partial charge in [-0.25, -0.2) is 0 Å². The second-order valence-corrected chi connectivity index (χ2v) is 4.29. The molecule has 1 aromatic carbocycles. The van der Waals surface area contributed by atoms with Gasteiger partial charge < -0.3 is 10.1 Å². The lowest BCUT2D eigenvalue weighted by atomic mass is 10.1. The Hall–Kier alpha value is -0.710. The first-order valence-corrected chi connectivity index (χ1v) is 5.15. The number of rotatable bonds is 0. The van der Waals surface area contributed by atoms with Crippen LogP contribution in [0.15, 0.2) is 12.1 Å². The summed E-state index contributed by atoms with van der Waals surface area (Å²) in [6, 6.07) is 3.66. The summed E-state index contributed by atoms with van der Waals surface area (Å²) >= 11 is 2.30. The van der Waals surface area contributed by atoms with Crippen LogP contribution in [-0.2, 0) is 0 Å². The number of aryl methyl sites for hydroxylation is 2. The number of benzene rings is 1. The number of phenolic OH excluding ortho intramolecular Hbond substituents is 1. The van der Waals surface area contributed by atoms with Crippen LogP contribution in [0.1, 0.15) is 11.3 Å². The average Bonchev–Trinajstić information content (AvgIpc) is 2.38. The summed E-state index contributed by atoms with van der Waals surface area (Å²) in [6.07, 6.45) is 0. The van der Waals surface area contributed by atoms with Crippen molar-refractivity contribution in [2.24, 2.45) is 0 Å². The molecule has 0 spiro atoms. The molecule has 1 heterocycles. The minimum atomic E-state index is 0.326. The quantitative estimate of drug-likeness (QED) is 0.718. The molecule has 0 saturated heterocycles. The Balaban J connectivity index is 3.00. The molecule has 13 heavy (non-hydrogen) atoms. The molecule has 3 heteroatoms. The third-order valence-electron chi connectivity index (χ3n) is 2.25. The molecule has 2 rings (SSSR count). The van der Waals surface area contributed by atoms with Crippen molar-refractivity contribution in [2.45, 2.75) is 13.8 Å². The van der Waals surface area contributed by atoms with E-state index in [1.807, 2.05) is 13.0 Å². The van der Waals surface area contributed by atoms with E-state index in [1.54, 1.807) is 6.07 Å².